The summed E-state index contributed by atoms with van der Waals surface area (Å²) in [5.41, 5.74) is 1.34. The zero-order valence-corrected chi connectivity index (χ0v) is 13.1. The van der Waals surface area contributed by atoms with Gasteiger partial charge in [0.05, 0.1) is 11.5 Å². The van der Waals surface area contributed by atoms with Crippen molar-refractivity contribution in [2.24, 2.45) is 0 Å². The van der Waals surface area contributed by atoms with Crippen molar-refractivity contribution in [3.05, 3.63) is 34.9 Å². The van der Waals surface area contributed by atoms with Gasteiger partial charge in [0.25, 0.3) is 0 Å². The Morgan fingerprint density at radius 1 is 1.48 bits per heavy atom. The molecule has 1 heterocycles. The minimum atomic E-state index is -3.01. The molecule has 0 aromatic heterocycles. The molecule has 2 rings (SSSR count). The Balaban J connectivity index is 2.40. The number of hydrogen-bond acceptors (Lipinski definition) is 4. The lowest BCUT2D eigenvalue weighted by atomic mass is 10.1. The molecule has 1 fully saturated rings. The van der Waals surface area contributed by atoms with Gasteiger partial charge in [-0.2, -0.15) is 0 Å². The zero-order valence-electron chi connectivity index (χ0n) is 11.5. The van der Waals surface area contributed by atoms with Gasteiger partial charge in [-0.25, -0.2) is 13.2 Å². The van der Waals surface area contributed by atoms with Crippen LogP contribution in [0.4, 0.5) is 5.69 Å². The standard InChI is InChI=1S/C14H16ClNO4S/c1-10-9-21(19,20)8-7-16(10)13-4-2-3-12(15)11(13)5-6-14(17)18/h2-6,10H,7-9H2,1H3,(H,17,18)/b6-5+. The number of rotatable bonds is 3. The number of carboxylic acids is 1. The van der Waals surface area contributed by atoms with Gasteiger partial charge in [0.1, 0.15) is 0 Å². The number of sulfone groups is 1. The topological polar surface area (TPSA) is 74.7 Å². The maximum Gasteiger partial charge on any atom is 0.328 e. The van der Waals surface area contributed by atoms with E-state index in [4.69, 9.17) is 16.7 Å². The van der Waals surface area contributed by atoms with Crippen LogP contribution in [-0.2, 0) is 14.6 Å². The van der Waals surface area contributed by atoms with Gasteiger partial charge in [-0.05, 0) is 25.1 Å². The van der Waals surface area contributed by atoms with Gasteiger partial charge in [-0.3, -0.25) is 0 Å². The Morgan fingerprint density at radius 3 is 2.81 bits per heavy atom. The first-order valence-corrected chi connectivity index (χ1v) is 8.67. The first-order valence-electron chi connectivity index (χ1n) is 6.47. The van der Waals surface area contributed by atoms with Crippen LogP contribution >= 0.6 is 11.6 Å². The molecule has 1 aromatic rings. The second-order valence-corrected chi connectivity index (χ2v) is 7.64. The van der Waals surface area contributed by atoms with E-state index in [1.165, 1.54) is 6.08 Å². The normalized spacial score (nSPS) is 21.6. The number of halogens is 1. The highest BCUT2D eigenvalue weighted by Gasteiger charge is 2.29. The first kappa shape index (κ1) is 15.9. The van der Waals surface area contributed by atoms with Crippen LogP contribution in [0.25, 0.3) is 6.08 Å². The number of aliphatic carboxylic acids is 1. The SMILES string of the molecule is CC1CS(=O)(=O)CCN1c1cccc(Cl)c1/C=C/C(=O)O. The van der Waals surface area contributed by atoms with E-state index >= 15 is 0 Å². The van der Waals surface area contributed by atoms with E-state index in [0.717, 1.165) is 11.8 Å². The zero-order chi connectivity index (χ0) is 15.6. The highest BCUT2D eigenvalue weighted by atomic mass is 35.5. The molecular weight excluding hydrogens is 314 g/mol. The first-order chi connectivity index (χ1) is 9.80. The summed E-state index contributed by atoms with van der Waals surface area (Å²) in [6, 6.07) is 5.09. The number of carboxylic acid groups (broad SMARTS) is 1. The summed E-state index contributed by atoms with van der Waals surface area (Å²) < 4.78 is 23.3. The lowest BCUT2D eigenvalue weighted by Gasteiger charge is -2.36. The predicted molar refractivity (Wildman–Crippen MR) is 83.6 cm³/mol. The van der Waals surface area contributed by atoms with E-state index in [2.05, 4.69) is 0 Å². The van der Waals surface area contributed by atoms with Gasteiger partial charge in [0, 0.05) is 34.9 Å². The van der Waals surface area contributed by atoms with E-state index in [-0.39, 0.29) is 17.5 Å². The highest BCUT2D eigenvalue weighted by molar-refractivity contribution is 7.91. The molecular formula is C14H16ClNO4S. The molecule has 21 heavy (non-hydrogen) atoms. The Morgan fingerprint density at radius 2 is 2.19 bits per heavy atom. The third kappa shape index (κ3) is 3.77. The Hall–Kier alpha value is -1.53. The number of hydrogen-bond donors (Lipinski definition) is 1. The van der Waals surface area contributed by atoms with E-state index in [1.54, 1.807) is 12.1 Å². The quantitative estimate of drug-likeness (QED) is 0.859. The number of anilines is 1. The minimum Gasteiger partial charge on any atom is -0.478 e. The summed E-state index contributed by atoms with van der Waals surface area (Å²) >= 11 is 6.15. The molecule has 1 aliphatic heterocycles. The van der Waals surface area contributed by atoms with Gasteiger partial charge < -0.3 is 10.0 Å². The smallest absolute Gasteiger partial charge is 0.328 e. The maximum atomic E-state index is 11.7. The van der Waals surface area contributed by atoms with Crippen LogP contribution in [0.2, 0.25) is 5.02 Å². The number of carbonyl (C=O) groups is 1. The maximum absolute atomic E-state index is 11.7. The molecule has 1 saturated heterocycles. The van der Waals surface area contributed by atoms with Crippen molar-refractivity contribution in [1.82, 2.24) is 0 Å². The molecule has 0 aliphatic carbocycles. The van der Waals surface area contributed by atoms with E-state index < -0.39 is 15.8 Å². The summed E-state index contributed by atoms with van der Waals surface area (Å²) in [5, 5.41) is 9.20. The van der Waals surface area contributed by atoms with Crippen LogP contribution in [0.5, 0.6) is 0 Å². The van der Waals surface area contributed by atoms with Crippen LogP contribution in [0, 0.1) is 0 Å². The molecule has 0 saturated carbocycles. The Labute approximate surface area is 128 Å². The lowest BCUT2D eigenvalue weighted by molar-refractivity contribution is -0.131. The lowest BCUT2D eigenvalue weighted by Crippen LogP contribution is -2.47. The molecule has 5 nitrogen and oxygen atoms in total. The van der Waals surface area contributed by atoms with Gasteiger partial charge in [-0.15, -0.1) is 0 Å². The van der Waals surface area contributed by atoms with E-state index in [1.807, 2.05) is 17.9 Å². The molecule has 1 atom stereocenters. The van der Waals surface area contributed by atoms with Crippen LogP contribution < -0.4 is 4.90 Å². The Kier molecular flexibility index (Phi) is 4.58. The van der Waals surface area contributed by atoms with E-state index in [9.17, 15) is 13.2 Å². The fourth-order valence-corrected chi connectivity index (χ4v) is 4.24. The largest absolute Gasteiger partial charge is 0.478 e. The molecule has 0 radical (unpaired) electrons. The fraction of sp³-hybridized carbons (Fsp3) is 0.357. The van der Waals surface area contributed by atoms with Crippen molar-refractivity contribution in [1.29, 1.82) is 0 Å². The average molecular weight is 330 g/mol. The molecule has 7 heteroatoms. The van der Waals surface area contributed by atoms with Crippen molar-refractivity contribution < 1.29 is 18.3 Å². The summed E-state index contributed by atoms with van der Waals surface area (Å²) in [6.07, 6.45) is 2.46. The summed E-state index contributed by atoms with van der Waals surface area (Å²) in [4.78, 5) is 12.7. The molecule has 1 aromatic carbocycles. The van der Waals surface area contributed by atoms with Crippen molar-refractivity contribution in [3.8, 4) is 0 Å². The molecule has 1 aliphatic rings. The van der Waals surface area contributed by atoms with Gasteiger partial charge >= 0.3 is 5.97 Å². The van der Waals surface area contributed by atoms with Crippen LogP contribution in [0.1, 0.15) is 12.5 Å². The molecule has 1 N–H and O–H groups in total. The van der Waals surface area contributed by atoms with E-state index in [0.29, 0.717) is 17.1 Å². The fourth-order valence-electron chi connectivity index (χ4n) is 2.45. The predicted octanol–water partition coefficient (Wildman–Crippen LogP) is 2.06. The van der Waals surface area contributed by atoms with Gasteiger partial charge in [0.2, 0.25) is 0 Å². The molecule has 114 valence electrons. The second kappa shape index (κ2) is 6.07. The highest BCUT2D eigenvalue weighted by Crippen LogP contribution is 2.31. The summed E-state index contributed by atoms with van der Waals surface area (Å²) in [7, 11) is -3.01. The van der Waals surface area contributed by atoms with Crippen LogP contribution in [0.3, 0.4) is 0 Å². The van der Waals surface area contributed by atoms with Crippen molar-refractivity contribution in [2.75, 3.05) is 23.0 Å². The van der Waals surface area contributed by atoms with Crippen molar-refractivity contribution in [2.45, 2.75) is 13.0 Å². The third-order valence-corrected chi connectivity index (χ3v) is 5.53. The second-order valence-electron chi connectivity index (χ2n) is 5.00. The molecule has 1 unspecified atom stereocenters. The van der Waals surface area contributed by atoms with Crippen molar-refractivity contribution >= 4 is 39.2 Å². The number of nitrogens with zero attached hydrogens (tertiary/aromatic N) is 1. The molecule has 0 amide bonds. The summed E-state index contributed by atoms with van der Waals surface area (Å²) in [5.74, 6) is -0.886. The summed E-state index contributed by atoms with van der Waals surface area (Å²) in [6.45, 7) is 2.21. The molecule has 0 spiro atoms. The monoisotopic (exact) mass is 329 g/mol. The average Bonchev–Trinajstić information content (AvgIpc) is 2.36. The van der Waals surface area contributed by atoms with Gasteiger partial charge in [-0.1, -0.05) is 17.7 Å². The minimum absolute atomic E-state index is 0.0849. The van der Waals surface area contributed by atoms with Gasteiger partial charge in [0.15, 0.2) is 9.84 Å². The van der Waals surface area contributed by atoms with Crippen LogP contribution in [-0.4, -0.2) is 43.6 Å². The van der Waals surface area contributed by atoms with Crippen molar-refractivity contribution in [3.63, 3.8) is 0 Å². The van der Waals surface area contributed by atoms with Crippen LogP contribution in [0.15, 0.2) is 24.3 Å². The number of benzene rings is 1. The molecule has 0 bridgehead atoms. The third-order valence-electron chi connectivity index (χ3n) is 3.40. The Bertz CT molecular complexity index is 684.